The molecule has 0 atom stereocenters. The van der Waals surface area contributed by atoms with E-state index < -0.39 is 0 Å². The molecule has 3 nitrogen and oxygen atoms in total. The molecule has 2 aromatic carbocycles. The molecule has 0 heterocycles. The summed E-state index contributed by atoms with van der Waals surface area (Å²) in [6.07, 6.45) is 0. The van der Waals surface area contributed by atoms with Crippen LogP contribution in [0, 0.1) is 12.7 Å². The molecule has 20 heavy (non-hydrogen) atoms. The van der Waals surface area contributed by atoms with Crippen LogP contribution in [-0.2, 0) is 6.54 Å². The fourth-order valence-corrected chi connectivity index (χ4v) is 2.04. The molecule has 0 aliphatic rings. The lowest BCUT2D eigenvalue weighted by Crippen LogP contribution is -2.03. The Morgan fingerprint density at radius 2 is 1.90 bits per heavy atom. The number of anilines is 1. The van der Waals surface area contributed by atoms with Gasteiger partial charge in [-0.15, -0.1) is 0 Å². The van der Waals surface area contributed by atoms with Gasteiger partial charge in [-0.25, -0.2) is 4.39 Å². The second kappa shape index (κ2) is 6.28. The van der Waals surface area contributed by atoms with E-state index in [1.54, 1.807) is 33.3 Å². The molecule has 0 aromatic heterocycles. The molecule has 106 valence electrons. The van der Waals surface area contributed by atoms with Crippen molar-refractivity contribution < 1.29 is 13.9 Å². The first-order valence-corrected chi connectivity index (χ1v) is 6.35. The van der Waals surface area contributed by atoms with Gasteiger partial charge in [0.25, 0.3) is 0 Å². The summed E-state index contributed by atoms with van der Waals surface area (Å²) in [5.41, 5.74) is 2.47. The van der Waals surface area contributed by atoms with Crippen molar-refractivity contribution in [3.05, 3.63) is 53.3 Å². The average Bonchev–Trinajstić information content (AvgIpc) is 2.47. The van der Waals surface area contributed by atoms with Gasteiger partial charge < -0.3 is 14.8 Å². The van der Waals surface area contributed by atoms with Crippen LogP contribution < -0.4 is 14.8 Å². The molecule has 0 radical (unpaired) electrons. The van der Waals surface area contributed by atoms with Gasteiger partial charge in [0.15, 0.2) is 11.5 Å². The monoisotopic (exact) mass is 275 g/mol. The minimum atomic E-state index is -0.200. The Bertz CT molecular complexity index is 599. The molecule has 0 aliphatic heterocycles. The Kier molecular flexibility index (Phi) is 4.45. The first-order chi connectivity index (χ1) is 9.65. The number of hydrogen-bond acceptors (Lipinski definition) is 3. The molecule has 0 spiro atoms. The number of methoxy groups -OCH3 is 2. The van der Waals surface area contributed by atoms with E-state index in [9.17, 15) is 4.39 Å². The second-order valence-electron chi connectivity index (χ2n) is 4.47. The summed E-state index contributed by atoms with van der Waals surface area (Å²) in [4.78, 5) is 0. The zero-order valence-electron chi connectivity index (χ0n) is 11.9. The number of aryl methyl sites for hydroxylation is 1. The third-order valence-electron chi connectivity index (χ3n) is 3.13. The van der Waals surface area contributed by atoms with Gasteiger partial charge >= 0.3 is 0 Å². The largest absolute Gasteiger partial charge is 0.493 e. The molecule has 2 aromatic rings. The molecule has 4 heteroatoms. The molecular weight excluding hydrogens is 257 g/mol. The first kappa shape index (κ1) is 14.2. The van der Waals surface area contributed by atoms with E-state index in [1.807, 2.05) is 18.2 Å². The van der Waals surface area contributed by atoms with Crippen LogP contribution in [0.25, 0.3) is 0 Å². The Morgan fingerprint density at radius 1 is 1.10 bits per heavy atom. The minimum absolute atomic E-state index is 0.200. The summed E-state index contributed by atoms with van der Waals surface area (Å²) in [6, 6.07) is 10.7. The van der Waals surface area contributed by atoms with Crippen molar-refractivity contribution in [3.8, 4) is 11.5 Å². The van der Waals surface area contributed by atoms with E-state index in [1.165, 1.54) is 6.07 Å². The molecule has 0 amide bonds. The number of halogens is 1. The number of rotatable bonds is 5. The fraction of sp³-hybridized carbons (Fsp3) is 0.250. The standard InChI is InChI=1S/C16H18FNO2/c1-11-9-13(7-8-14(11)17)18-10-12-5-4-6-15(19-2)16(12)20-3/h4-9,18H,10H2,1-3H3. The normalized spacial score (nSPS) is 10.2. The third kappa shape index (κ3) is 3.02. The van der Waals surface area contributed by atoms with Gasteiger partial charge in [0.1, 0.15) is 5.82 Å². The number of benzene rings is 2. The predicted molar refractivity (Wildman–Crippen MR) is 78.0 cm³/mol. The molecule has 0 fully saturated rings. The van der Waals surface area contributed by atoms with Crippen LogP contribution in [-0.4, -0.2) is 14.2 Å². The highest BCUT2D eigenvalue weighted by atomic mass is 19.1. The SMILES string of the molecule is COc1cccc(CNc2ccc(F)c(C)c2)c1OC. The topological polar surface area (TPSA) is 30.5 Å². The predicted octanol–water partition coefficient (Wildman–Crippen LogP) is 3.76. The lowest BCUT2D eigenvalue weighted by atomic mass is 10.1. The van der Waals surface area contributed by atoms with E-state index in [0.717, 1.165) is 11.3 Å². The Hall–Kier alpha value is -2.23. The van der Waals surface area contributed by atoms with Crippen LogP contribution in [0.3, 0.4) is 0 Å². The molecule has 0 aliphatic carbocycles. The minimum Gasteiger partial charge on any atom is -0.493 e. The summed E-state index contributed by atoms with van der Waals surface area (Å²) >= 11 is 0. The molecule has 2 rings (SSSR count). The van der Waals surface area contributed by atoms with Crippen molar-refractivity contribution >= 4 is 5.69 Å². The van der Waals surface area contributed by atoms with Gasteiger partial charge in [-0.2, -0.15) is 0 Å². The summed E-state index contributed by atoms with van der Waals surface area (Å²) in [7, 11) is 3.22. The van der Waals surface area contributed by atoms with Gasteiger partial charge in [0.05, 0.1) is 14.2 Å². The zero-order valence-corrected chi connectivity index (χ0v) is 11.9. The van der Waals surface area contributed by atoms with E-state index in [0.29, 0.717) is 23.6 Å². The van der Waals surface area contributed by atoms with Crippen molar-refractivity contribution in [2.75, 3.05) is 19.5 Å². The van der Waals surface area contributed by atoms with Gasteiger partial charge in [-0.1, -0.05) is 12.1 Å². The number of hydrogen-bond donors (Lipinski definition) is 1. The highest BCUT2D eigenvalue weighted by molar-refractivity contribution is 5.50. The van der Waals surface area contributed by atoms with Gasteiger partial charge in [0, 0.05) is 17.8 Å². The van der Waals surface area contributed by atoms with Crippen molar-refractivity contribution in [2.45, 2.75) is 13.5 Å². The van der Waals surface area contributed by atoms with Crippen molar-refractivity contribution in [2.24, 2.45) is 0 Å². The third-order valence-corrected chi connectivity index (χ3v) is 3.13. The Morgan fingerprint density at radius 3 is 2.55 bits per heavy atom. The summed E-state index contributed by atoms with van der Waals surface area (Å²) in [6.45, 7) is 2.32. The number of ether oxygens (including phenoxy) is 2. The highest BCUT2D eigenvalue weighted by Crippen LogP contribution is 2.31. The summed E-state index contributed by atoms with van der Waals surface area (Å²) in [5.74, 6) is 1.21. The lowest BCUT2D eigenvalue weighted by Gasteiger charge is -2.14. The Labute approximate surface area is 118 Å². The maximum Gasteiger partial charge on any atom is 0.165 e. The zero-order chi connectivity index (χ0) is 14.5. The number of para-hydroxylation sites is 1. The van der Waals surface area contributed by atoms with Crippen LogP contribution in [0.5, 0.6) is 11.5 Å². The van der Waals surface area contributed by atoms with Crippen molar-refractivity contribution in [1.82, 2.24) is 0 Å². The molecule has 0 saturated carbocycles. The van der Waals surface area contributed by atoms with Crippen LogP contribution in [0.4, 0.5) is 10.1 Å². The van der Waals surface area contributed by atoms with Gasteiger partial charge in [0.2, 0.25) is 0 Å². The van der Waals surface area contributed by atoms with Gasteiger partial charge in [-0.05, 0) is 36.8 Å². The highest BCUT2D eigenvalue weighted by Gasteiger charge is 2.09. The average molecular weight is 275 g/mol. The van der Waals surface area contributed by atoms with E-state index in [2.05, 4.69) is 5.32 Å². The Balaban J connectivity index is 2.16. The van der Waals surface area contributed by atoms with Crippen molar-refractivity contribution in [3.63, 3.8) is 0 Å². The maximum atomic E-state index is 13.2. The molecule has 0 bridgehead atoms. The maximum absolute atomic E-state index is 13.2. The summed E-state index contributed by atoms with van der Waals surface area (Å²) < 4.78 is 23.9. The second-order valence-corrected chi connectivity index (χ2v) is 4.47. The van der Waals surface area contributed by atoms with E-state index >= 15 is 0 Å². The number of nitrogens with one attached hydrogen (secondary N) is 1. The van der Waals surface area contributed by atoms with Crippen LogP contribution >= 0.6 is 0 Å². The lowest BCUT2D eigenvalue weighted by molar-refractivity contribution is 0.352. The molecule has 0 unspecified atom stereocenters. The van der Waals surface area contributed by atoms with E-state index in [-0.39, 0.29) is 5.82 Å². The first-order valence-electron chi connectivity index (χ1n) is 6.35. The smallest absolute Gasteiger partial charge is 0.165 e. The fourth-order valence-electron chi connectivity index (χ4n) is 2.04. The quantitative estimate of drug-likeness (QED) is 0.901. The van der Waals surface area contributed by atoms with Gasteiger partial charge in [-0.3, -0.25) is 0 Å². The van der Waals surface area contributed by atoms with Crippen molar-refractivity contribution in [1.29, 1.82) is 0 Å². The van der Waals surface area contributed by atoms with Crippen LogP contribution in [0.2, 0.25) is 0 Å². The van der Waals surface area contributed by atoms with Crippen LogP contribution in [0.15, 0.2) is 36.4 Å². The molecular formula is C16H18FNO2. The summed E-state index contributed by atoms with van der Waals surface area (Å²) in [5, 5.41) is 3.25. The molecule has 1 N–H and O–H groups in total. The van der Waals surface area contributed by atoms with Crippen LogP contribution in [0.1, 0.15) is 11.1 Å². The van der Waals surface area contributed by atoms with E-state index in [4.69, 9.17) is 9.47 Å². The molecule has 0 saturated heterocycles.